The van der Waals surface area contributed by atoms with E-state index >= 15 is 0 Å². The van der Waals surface area contributed by atoms with Crippen LogP contribution in [0.4, 0.5) is 0 Å². The average Bonchev–Trinajstić information content (AvgIpc) is 2.41. The Bertz CT molecular complexity index is 529. The molecule has 1 saturated carbocycles. The number of rotatable bonds is 0. The zero-order valence-electron chi connectivity index (χ0n) is 14.4. The van der Waals surface area contributed by atoms with Gasteiger partial charge in [0.05, 0.1) is 12.5 Å². The van der Waals surface area contributed by atoms with E-state index in [1.165, 1.54) is 0 Å². The van der Waals surface area contributed by atoms with E-state index < -0.39 is 23.6 Å². The topological polar surface area (TPSA) is 63.6 Å². The second-order valence-electron chi connectivity index (χ2n) is 7.59. The van der Waals surface area contributed by atoms with Gasteiger partial charge >= 0.3 is 5.97 Å². The lowest BCUT2D eigenvalue weighted by Crippen LogP contribution is -2.46. The van der Waals surface area contributed by atoms with Crippen LogP contribution in [0.25, 0.3) is 0 Å². The van der Waals surface area contributed by atoms with Gasteiger partial charge in [0.1, 0.15) is 0 Å². The molecule has 3 rings (SSSR count). The van der Waals surface area contributed by atoms with Crippen LogP contribution in [0.15, 0.2) is 23.8 Å². The zero-order chi connectivity index (χ0) is 17.2. The van der Waals surface area contributed by atoms with E-state index in [1.54, 1.807) is 13.0 Å². The van der Waals surface area contributed by atoms with Crippen molar-refractivity contribution in [3.05, 3.63) is 23.8 Å². The molecule has 2 bridgehead atoms. The number of ketones is 1. The Kier molecular flexibility index (Phi) is 5.45. The molecule has 0 aromatic heterocycles. The Labute approximate surface area is 138 Å². The Hall–Kier alpha value is -1.42. The highest BCUT2D eigenvalue weighted by Crippen LogP contribution is 2.42. The number of Topliss-reactive ketones (excluding diaryl/α,β-unsaturated/α-hetero) is 1. The standard InChI is InChI=1S/C19H28O4/c1-12-5-6-14-7-8-16(18(22)19(14,3)4)23-17(21)11-13(2)10-15(20)9-12/h10,14-16,20H,1,5-9,11H2,2-4H3/b13-10-/t14-,15+,16+/m1/s1. The van der Waals surface area contributed by atoms with E-state index in [9.17, 15) is 14.7 Å². The van der Waals surface area contributed by atoms with Crippen molar-refractivity contribution in [1.82, 2.24) is 0 Å². The van der Waals surface area contributed by atoms with Gasteiger partial charge < -0.3 is 9.84 Å². The van der Waals surface area contributed by atoms with Gasteiger partial charge in [-0.3, -0.25) is 9.59 Å². The number of aliphatic hydroxyl groups excluding tert-OH is 1. The highest BCUT2D eigenvalue weighted by atomic mass is 16.5. The Morgan fingerprint density at radius 3 is 2.65 bits per heavy atom. The number of hydrogen-bond donors (Lipinski definition) is 1. The SMILES string of the molecule is C=C1CC[C@@H]2CC[C@H](OC(=O)C/C(C)=C\[C@@H](O)C1)C(=O)C2(C)C. The molecule has 0 unspecified atom stereocenters. The minimum Gasteiger partial charge on any atom is -0.454 e. The van der Waals surface area contributed by atoms with Gasteiger partial charge in [-0.15, -0.1) is 0 Å². The number of fused-ring (bicyclic) bond motifs is 10. The van der Waals surface area contributed by atoms with Crippen molar-refractivity contribution in [2.24, 2.45) is 11.3 Å². The summed E-state index contributed by atoms with van der Waals surface area (Å²) in [6, 6.07) is 0. The number of hydrogen-bond acceptors (Lipinski definition) is 4. The fraction of sp³-hybridized carbons (Fsp3) is 0.684. The van der Waals surface area contributed by atoms with E-state index in [1.807, 2.05) is 13.8 Å². The van der Waals surface area contributed by atoms with Gasteiger partial charge in [0, 0.05) is 5.41 Å². The summed E-state index contributed by atoms with van der Waals surface area (Å²) in [6.45, 7) is 9.76. The largest absolute Gasteiger partial charge is 0.454 e. The van der Waals surface area contributed by atoms with Crippen molar-refractivity contribution in [3.8, 4) is 0 Å². The van der Waals surface area contributed by atoms with Crippen LogP contribution < -0.4 is 0 Å². The van der Waals surface area contributed by atoms with Crippen molar-refractivity contribution in [1.29, 1.82) is 0 Å². The second-order valence-corrected chi connectivity index (χ2v) is 7.59. The van der Waals surface area contributed by atoms with Crippen molar-refractivity contribution in [3.63, 3.8) is 0 Å². The van der Waals surface area contributed by atoms with Gasteiger partial charge in [-0.05, 0) is 44.9 Å². The van der Waals surface area contributed by atoms with E-state index in [0.29, 0.717) is 12.8 Å². The number of carbonyl (C=O) groups excluding carboxylic acids is 2. The number of carbonyl (C=O) groups is 2. The first-order chi connectivity index (χ1) is 10.7. The number of aliphatic hydroxyl groups is 1. The molecular formula is C19H28O4. The minimum absolute atomic E-state index is 0.0337. The molecule has 0 saturated heterocycles. The predicted molar refractivity (Wildman–Crippen MR) is 88.8 cm³/mol. The quantitative estimate of drug-likeness (QED) is 0.549. The molecule has 0 amide bonds. The molecule has 1 fully saturated rings. The smallest absolute Gasteiger partial charge is 0.310 e. The van der Waals surface area contributed by atoms with Gasteiger partial charge in [0.25, 0.3) is 0 Å². The molecule has 2 aliphatic heterocycles. The first-order valence-corrected chi connectivity index (χ1v) is 8.46. The molecule has 2 heterocycles. The van der Waals surface area contributed by atoms with E-state index in [2.05, 4.69) is 6.58 Å². The van der Waals surface area contributed by atoms with E-state index in [0.717, 1.165) is 30.4 Å². The van der Waals surface area contributed by atoms with Crippen molar-refractivity contribution in [2.45, 2.75) is 71.5 Å². The van der Waals surface area contributed by atoms with Crippen LogP contribution in [0.3, 0.4) is 0 Å². The highest BCUT2D eigenvalue weighted by molar-refractivity contribution is 5.91. The zero-order valence-corrected chi connectivity index (χ0v) is 14.4. The van der Waals surface area contributed by atoms with Crippen LogP contribution in [0, 0.1) is 11.3 Å². The summed E-state index contributed by atoms with van der Waals surface area (Å²) in [7, 11) is 0. The summed E-state index contributed by atoms with van der Waals surface area (Å²) in [5.74, 6) is -0.0973. The summed E-state index contributed by atoms with van der Waals surface area (Å²) in [6.07, 6.45) is 4.22. The Balaban J connectivity index is 2.25. The van der Waals surface area contributed by atoms with Gasteiger partial charge in [0.2, 0.25) is 0 Å². The summed E-state index contributed by atoms with van der Waals surface area (Å²) >= 11 is 0. The first-order valence-electron chi connectivity index (χ1n) is 8.46. The van der Waals surface area contributed by atoms with Gasteiger partial charge in [-0.25, -0.2) is 0 Å². The molecule has 3 atom stereocenters. The van der Waals surface area contributed by atoms with Crippen molar-refractivity contribution in [2.75, 3.05) is 0 Å². The maximum Gasteiger partial charge on any atom is 0.310 e. The fourth-order valence-electron chi connectivity index (χ4n) is 3.73. The molecular weight excluding hydrogens is 292 g/mol. The van der Waals surface area contributed by atoms with Gasteiger partial charge in [0.15, 0.2) is 11.9 Å². The lowest BCUT2D eigenvalue weighted by atomic mass is 9.65. The van der Waals surface area contributed by atoms with Crippen LogP contribution in [0.1, 0.15) is 59.3 Å². The molecule has 0 radical (unpaired) electrons. The van der Waals surface area contributed by atoms with Crippen molar-refractivity contribution < 1.29 is 19.4 Å². The molecule has 1 aliphatic carbocycles. The third-order valence-electron chi connectivity index (χ3n) is 5.24. The predicted octanol–water partition coefficient (Wildman–Crippen LogP) is 3.34. The maximum absolute atomic E-state index is 12.7. The van der Waals surface area contributed by atoms with Crippen molar-refractivity contribution >= 4 is 11.8 Å². The molecule has 4 heteroatoms. The van der Waals surface area contributed by atoms with Crippen LogP contribution in [0.2, 0.25) is 0 Å². The third kappa shape index (κ3) is 4.31. The minimum atomic E-state index is -0.627. The third-order valence-corrected chi connectivity index (χ3v) is 5.24. The molecule has 0 aromatic rings. The van der Waals surface area contributed by atoms with E-state index in [4.69, 9.17) is 4.74 Å². The summed E-state index contributed by atoms with van der Waals surface area (Å²) in [4.78, 5) is 24.8. The summed E-state index contributed by atoms with van der Waals surface area (Å²) in [5, 5.41) is 10.1. The van der Waals surface area contributed by atoms with E-state index in [-0.39, 0.29) is 18.1 Å². The molecule has 128 valence electrons. The molecule has 0 spiro atoms. The maximum atomic E-state index is 12.7. The van der Waals surface area contributed by atoms with Crippen LogP contribution in [0.5, 0.6) is 0 Å². The number of esters is 1. The fourth-order valence-corrected chi connectivity index (χ4v) is 3.73. The summed E-state index contributed by atoms with van der Waals surface area (Å²) in [5.41, 5.74) is 1.26. The van der Waals surface area contributed by atoms with Gasteiger partial charge in [-0.2, -0.15) is 0 Å². The lowest BCUT2D eigenvalue weighted by Gasteiger charge is -2.40. The molecule has 1 N–H and O–H groups in total. The average molecular weight is 320 g/mol. The normalized spacial score (nSPS) is 35.2. The molecule has 3 aliphatic rings. The first kappa shape index (κ1) is 17.9. The van der Waals surface area contributed by atoms with Gasteiger partial charge in [-0.1, -0.05) is 37.6 Å². The Morgan fingerprint density at radius 1 is 1.26 bits per heavy atom. The second kappa shape index (κ2) is 7.00. The molecule has 4 nitrogen and oxygen atoms in total. The lowest BCUT2D eigenvalue weighted by molar-refractivity contribution is -0.163. The number of ether oxygens (including phenoxy) is 1. The molecule has 0 aromatic carbocycles. The monoisotopic (exact) mass is 320 g/mol. The summed E-state index contributed by atoms with van der Waals surface area (Å²) < 4.78 is 5.43. The van der Waals surface area contributed by atoms with Crippen LogP contribution >= 0.6 is 0 Å². The highest BCUT2D eigenvalue weighted by Gasteiger charge is 2.45. The molecule has 23 heavy (non-hydrogen) atoms. The van der Waals surface area contributed by atoms with Crippen LogP contribution in [-0.4, -0.2) is 29.1 Å². The Morgan fingerprint density at radius 2 is 1.96 bits per heavy atom. The van der Waals surface area contributed by atoms with Crippen LogP contribution in [-0.2, 0) is 14.3 Å².